The van der Waals surface area contributed by atoms with Crippen molar-refractivity contribution in [2.75, 3.05) is 33.4 Å². The first-order chi connectivity index (χ1) is 18.2. The lowest BCUT2D eigenvalue weighted by Gasteiger charge is -2.46. The molecule has 15 heteroatoms. The molecule has 4 atom stereocenters. The molecule has 4 rings (SSSR count). The van der Waals surface area contributed by atoms with Crippen molar-refractivity contribution >= 4 is 45.3 Å². The van der Waals surface area contributed by atoms with E-state index in [1.165, 1.54) is 40.9 Å². The van der Waals surface area contributed by atoms with Crippen LogP contribution in [0, 0.1) is 22.0 Å². The zero-order valence-corrected chi connectivity index (χ0v) is 23.8. The second-order valence-electron chi connectivity index (χ2n) is 10.1. The molecule has 1 aromatic carbocycles. The number of nitrogens with zero attached hydrogens (tertiary/aromatic N) is 5. The normalized spacial score (nSPS) is 25.8. The van der Waals surface area contributed by atoms with E-state index in [1.54, 1.807) is 30.8 Å². The number of guanidine groups is 1. The van der Waals surface area contributed by atoms with Gasteiger partial charge in [-0.05, 0) is 24.6 Å². The molecule has 13 nitrogen and oxygen atoms in total. The number of amides is 1. The molecule has 2 saturated heterocycles. The molecular formula is C24H31N5O8S2. The number of benzene rings is 1. The van der Waals surface area contributed by atoms with Crippen molar-refractivity contribution in [2.45, 2.75) is 37.9 Å². The molecule has 0 bridgehead atoms. The molecule has 1 amide bonds. The number of fused-ring (bicyclic) bond motifs is 1. The molecular weight excluding hydrogens is 550 g/mol. The number of ether oxygens (including phenoxy) is 1. The van der Waals surface area contributed by atoms with Gasteiger partial charge in [0, 0.05) is 55.4 Å². The molecule has 3 aliphatic heterocycles. The van der Waals surface area contributed by atoms with E-state index in [1.807, 2.05) is 6.92 Å². The molecule has 0 unspecified atom stereocenters. The minimum absolute atomic E-state index is 0.0820. The molecule has 1 N–H and O–H groups in total. The Labute approximate surface area is 230 Å². The molecule has 0 saturated carbocycles. The number of sulfonamides is 1. The maximum Gasteiger partial charge on any atom is 0.356 e. The largest absolute Gasteiger partial charge is 0.456 e. The molecule has 0 spiro atoms. The Kier molecular flexibility index (Phi) is 7.96. The van der Waals surface area contributed by atoms with Gasteiger partial charge in [0.15, 0.2) is 0 Å². The van der Waals surface area contributed by atoms with Crippen LogP contribution in [-0.4, -0.2) is 102 Å². The molecule has 1 aromatic rings. The van der Waals surface area contributed by atoms with Gasteiger partial charge in [-0.25, -0.2) is 13.2 Å². The van der Waals surface area contributed by atoms with E-state index in [4.69, 9.17) is 4.74 Å². The first kappa shape index (κ1) is 28.8. The highest BCUT2D eigenvalue weighted by molar-refractivity contribution is 8.03. The summed E-state index contributed by atoms with van der Waals surface area (Å²) in [6, 6.07) is 5.25. The topological polar surface area (TPSA) is 163 Å². The summed E-state index contributed by atoms with van der Waals surface area (Å²) in [5.74, 6) is -1.60. The average molecular weight is 582 g/mol. The van der Waals surface area contributed by atoms with Crippen molar-refractivity contribution in [3.8, 4) is 0 Å². The van der Waals surface area contributed by atoms with E-state index in [9.17, 15) is 33.2 Å². The molecule has 3 heterocycles. The van der Waals surface area contributed by atoms with Crippen molar-refractivity contribution in [3.63, 3.8) is 0 Å². The number of nitro benzene ring substituents is 1. The predicted molar refractivity (Wildman–Crippen MR) is 144 cm³/mol. The lowest BCUT2D eigenvalue weighted by molar-refractivity contribution is -0.384. The van der Waals surface area contributed by atoms with Crippen LogP contribution < -0.4 is 0 Å². The van der Waals surface area contributed by atoms with Gasteiger partial charge in [0.2, 0.25) is 11.9 Å². The molecule has 0 radical (unpaired) electrons. The SMILES string of the molecule is C[C@@H](O)[C@H]1C(=O)N2C(C(=O)OCc3ccc([N+](=O)[O-])cc3)=C(SC3CN(C)C(=NS(C)(=O)=O)N(C)C3)[C@H](C)[C@H]12. The Bertz CT molecular complexity index is 1330. The Morgan fingerprint density at radius 1 is 1.26 bits per heavy atom. The van der Waals surface area contributed by atoms with Crippen molar-refractivity contribution in [3.05, 3.63) is 50.5 Å². The fourth-order valence-electron chi connectivity index (χ4n) is 5.27. The van der Waals surface area contributed by atoms with Gasteiger partial charge in [-0.15, -0.1) is 16.2 Å². The number of carbonyl (C=O) groups is 2. The van der Waals surface area contributed by atoms with Gasteiger partial charge in [-0.2, -0.15) is 0 Å². The number of aliphatic hydroxyl groups excluding tert-OH is 1. The lowest BCUT2D eigenvalue weighted by Crippen LogP contribution is -2.63. The summed E-state index contributed by atoms with van der Waals surface area (Å²) in [5, 5.41) is 21.0. The third kappa shape index (κ3) is 5.75. The predicted octanol–water partition coefficient (Wildman–Crippen LogP) is 1.00. The third-order valence-electron chi connectivity index (χ3n) is 7.00. The number of hydrogen-bond acceptors (Lipinski definition) is 9. The van der Waals surface area contributed by atoms with Gasteiger partial charge in [-0.3, -0.25) is 14.9 Å². The summed E-state index contributed by atoms with van der Waals surface area (Å²) in [6.45, 7) is 4.22. The summed E-state index contributed by atoms with van der Waals surface area (Å²) in [6.07, 6.45) is 0.145. The van der Waals surface area contributed by atoms with E-state index in [0.717, 1.165) is 6.26 Å². The van der Waals surface area contributed by atoms with Crippen molar-refractivity contribution < 1.29 is 32.8 Å². The second-order valence-corrected chi connectivity index (χ2v) is 13.1. The summed E-state index contributed by atoms with van der Waals surface area (Å²) in [4.78, 5) is 42.3. The van der Waals surface area contributed by atoms with Crippen molar-refractivity contribution in [1.29, 1.82) is 0 Å². The van der Waals surface area contributed by atoms with Gasteiger partial charge in [-0.1, -0.05) is 6.92 Å². The van der Waals surface area contributed by atoms with E-state index in [2.05, 4.69) is 4.40 Å². The minimum Gasteiger partial charge on any atom is -0.456 e. The number of hydrogen-bond donors (Lipinski definition) is 1. The maximum absolute atomic E-state index is 13.4. The number of β-lactam (4-membered cyclic amide) rings is 1. The Hall–Kier alpha value is -3.17. The number of nitro groups is 1. The summed E-state index contributed by atoms with van der Waals surface area (Å²) < 4.78 is 32.8. The van der Waals surface area contributed by atoms with Gasteiger partial charge in [0.25, 0.3) is 15.7 Å². The summed E-state index contributed by atoms with van der Waals surface area (Å²) in [5.41, 5.74) is 0.611. The van der Waals surface area contributed by atoms with Crippen LogP contribution in [0.5, 0.6) is 0 Å². The smallest absolute Gasteiger partial charge is 0.356 e. The van der Waals surface area contributed by atoms with Crippen molar-refractivity contribution in [2.24, 2.45) is 16.2 Å². The number of thioether (sulfide) groups is 1. The van der Waals surface area contributed by atoms with Gasteiger partial charge in [0.1, 0.15) is 12.3 Å². The summed E-state index contributed by atoms with van der Waals surface area (Å²) in [7, 11) is -0.124. The van der Waals surface area contributed by atoms with Crippen LogP contribution in [0.15, 0.2) is 39.3 Å². The van der Waals surface area contributed by atoms with Crippen LogP contribution in [0.3, 0.4) is 0 Å². The summed E-state index contributed by atoms with van der Waals surface area (Å²) >= 11 is 1.43. The van der Waals surface area contributed by atoms with Gasteiger partial charge >= 0.3 is 5.97 Å². The molecule has 212 valence electrons. The zero-order chi connectivity index (χ0) is 28.8. The zero-order valence-electron chi connectivity index (χ0n) is 22.2. The number of aliphatic hydroxyl groups is 1. The molecule has 39 heavy (non-hydrogen) atoms. The first-order valence-corrected chi connectivity index (χ1v) is 15.0. The Morgan fingerprint density at radius 2 is 1.85 bits per heavy atom. The highest BCUT2D eigenvalue weighted by Gasteiger charge is 2.60. The van der Waals surface area contributed by atoms with E-state index < -0.39 is 32.9 Å². The molecule has 3 aliphatic rings. The minimum atomic E-state index is -3.59. The second kappa shape index (κ2) is 10.8. The lowest BCUT2D eigenvalue weighted by atomic mass is 9.79. The quantitative estimate of drug-likeness (QED) is 0.202. The standard InChI is InChI=1S/C24H31N5O8S2/c1-13-19-18(14(2)30)22(31)28(19)20(23(32)37-12-15-6-8-16(9-7-15)29(33)34)21(13)38-17-10-26(3)24(27(4)11-17)25-39(5,35)36/h6-9,13-14,17-19,30H,10-12H2,1-5H3/t13-,14-,17?,18-,19-/m1/s1. The number of non-ortho nitro benzene ring substituents is 1. The van der Waals surface area contributed by atoms with Crippen LogP contribution in [-0.2, 0) is 31.0 Å². The molecule has 0 aliphatic carbocycles. The molecule has 0 aromatic heterocycles. The number of carbonyl (C=O) groups excluding carboxylic acids is 2. The van der Waals surface area contributed by atoms with E-state index >= 15 is 0 Å². The van der Waals surface area contributed by atoms with Crippen LogP contribution in [0.2, 0.25) is 0 Å². The Balaban J connectivity index is 1.57. The first-order valence-electron chi connectivity index (χ1n) is 12.2. The highest BCUT2D eigenvalue weighted by Crippen LogP contribution is 2.51. The molecule has 2 fully saturated rings. The van der Waals surface area contributed by atoms with E-state index in [-0.39, 0.29) is 41.1 Å². The van der Waals surface area contributed by atoms with Gasteiger partial charge < -0.3 is 24.5 Å². The van der Waals surface area contributed by atoms with Crippen LogP contribution in [0.1, 0.15) is 19.4 Å². The van der Waals surface area contributed by atoms with Crippen LogP contribution in [0.25, 0.3) is 0 Å². The van der Waals surface area contributed by atoms with Crippen molar-refractivity contribution in [1.82, 2.24) is 14.7 Å². The number of rotatable bonds is 8. The maximum atomic E-state index is 13.4. The monoisotopic (exact) mass is 581 g/mol. The third-order valence-corrected chi connectivity index (χ3v) is 8.94. The van der Waals surface area contributed by atoms with Crippen LogP contribution in [0.4, 0.5) is 5.69 Å². The fraction of sp³-hybridized carbons (Fsp3) is 0.542. The Morgan fingerprint density at radius 3 is 2.36 bits per heavy atom. The van der Waals surface area contributed by atoms with Gasteiger partial charge in [0.05, 0.1) is 29.2 Å². The van der Waals surface area contributed by atoms with E-state index in [0.29, 0.717) is 29.5 Å². The highest BCUT2D eigenvalue weighted by atomic mass is 32.2. The number of esters is 1. The average Bonchev–Trinajstić information content (AvgIpc) is 3.07. The fourth-order valence-corrected chi connectivity index (χ4v) is 7.44. The van der Waals surface area contributed by atoms with Crippen LogP contribution >= 0.6 is 11.8 Å².